The van der Waals surface area contributed by atoms with Crippen LogP contribution in [-0.2, 0) is 11.3 Å². The summed E-state index contributed by atoms with van der Waals surface area (Å²) in [4.78, 5) is 25.7. The number of aromatic nitrogens is 1. The molecule has 2 heterocycles. The number of rotatable bonds is 6. The van der Waals surface area contributed by atoms with Gasteiger partial charge in [-0.3, -0.25) is 4.79 Å². The van der Waals surface area contributed by atoms with Gasteiger partial charge in [-0.15, -0.1) is 0 Å². The maximum atomic E-state index is 12.3. The topological polar surface area (TPSA) is 87.5 Å². The molecule has 1 aromatic rings. The summed E-state index contributed by atoms with van der Waals surface area (Å²) in [5.74, 6) is 0.928. The number of hydrogen-bond acceptors (Lipinski definition) is 4. The molecule has 1 aromatic heterocycles. The van der Waals surface area contributed by atoms with Crippen LogP contribution in [0.4, 0.5) is 4.79 Å². The molecule has 2 N–H and O–H groups in total. The van der Waals surface area contributed by atoms with Gasteiger partial charge in [-0.1, -0.05) is 19.0 Å². The summed E-state index contributed by atoms with van der Waals surface area (Å²) >= 11 is 0. The van der Waals surface area contributed by atoms with Crippen LogP contribution in [0.2, 0.25) is 0 Å². The monoisotopic (exact) mass is 336 g/mol. The van der Waals surface area contributed by atoms with Gasteiger partial charge in [-0.05, 0) is 25.7 Å². The smallest absolute Gasteiger partial charge is 0.317 e. The zero-order chi connectivity index (χ0) is 17.5. The van der Waals surface area contributed by atoms with E-state index in [0.717, 1.165) is 31.4 Å². The number of carbonyl (C=O) groups is 2. The molecule has 134 valence electrons. The van der Waals surface area contributed by atoms with Crippen molar-refractivity contribution in [3.05, 3.63) is 17.5 Å². The Kier molecular flexibility index (Phi) is 6.63. The van der Waals surface area contributed by atoms with Crippen LogP contribution in [-0.4, -0.2) is 42.1 Å². The lowest BCUT2D eigenvalue weighted by atomic mass is 9.97. The zero-order valence-electron chi connectivity index (χ0n) is 14.8. The highest BCUT2D eigenvalue weighted by Crippen LogP contribution is 2.22. The average Bonchev–Trinajstić information content (AvgIpc) is 3.09. The number of urea groups is 1. The molecule has 1 aliphatic rings. The predicted molar refractivity (Wildman–Crippen MR) is 90.4 cm³/mol. The molecule has 0 unspecified atom stereocenters. The van der Waals surface area contributed by atoms with Crippen molar-refractivity contribution < 1.29 is 14.1 Å². The van der Waals surface area contributed by atoms with Crippen molar-refractivity contribution in [3.8, 4) is 0 Å². The Morgan fingerprint density at radius 3 is 2.83 bits per heavy atom. The van der Waals surface area contributed by atoms with Gasteiger partial charge >= 0.3 is 6.03 Å². The van der Waals surface area contributed by atoms with Gasteiger partial charge in [0.1, 0.15) is 0 Å². The predicted octanol–water partition coefficient (Wildman–Crippen LogP) is 2.25. The third-order valence-corrected chi connectivity index (χ3v) is 4.72. The van der Waals surface area contributed by atoms with Crippen molar-refractivity contribution in [2.24, 2.45) is 5.92 Å². The van der Waals surface area contributed by atoms with Crippen molar-refractivity contribution in [1.29, 1.82) is 0 Å². The molecular weight excluding hydrogens is 308 g/mol. The van der Waals surface area contributed by atoms with Gasteiger partial charge in [0, 0.05) is 32.1 Å². The van der Waals surface area contributed by atoms with E-state index in [0.29, 0.717) is 31.3 Å². The van der Waals surface area contributed by atoms with E-state index in [1.165, 1.54) is 0 Å². The number of carbonyl (C=O) groups excluding carboxylic acids is 2. The summed E-state index contributed by atoms with van der Waals surface area (Å²) in [6.07, 6.45) is 3.70. The maximum Gasteiger partial charge on any atom is 0.317 e. The normalized spacial score (nSPS) is 17.8. The molecule has 0 saturated carbocycles. The zero-order valence-corrected chi connectivity index (χ0v) is 14.8. The van der Waals surface area contributed by atoms with E-state index in [1.807, 2.05) is 6.07 Å². The number of nitrogens with one attached hydrogen (secondary N) is 2. The van der Waals surface area contributed by atoms with Crippen molar-refractivity contribution in [3.63, 3.8) is 0 Å². The minimum atomic E-state index is -0.163. The van der Waals surface area contributed by atoms with Gasteiger partial charge in [0.2, 0.25) is 5.91 Å². The SMILES string of the molecule is CCC(CC)c1cc(CNC(=O)N2CCC[C@@H](C(=O)NC)C2)on1. The summed E-state index contributed by atoms with van der Waals surface area (Å²) in [5, 5.41) is 9.61. The molecule has 1 fully saturated rings. The Labute approximate surface area is 143 Å². The first kappa shape index (κ1) is 18.3. The van der Waals surface area contributed by atoms with Gasteiger partial charge in [0.05, 0.1) is 18.2 Å². The van der Waals surface area contributed by atoms with Gasteiger partial charge < -0.3 is 20.1 Å². The first-order valence-electron chi connectivity index (χ1n) is 8.78. The summed E-state index contributed by atoms with van der Waals surface area (Å²) in [6, 6.07) is 1.76. The van der Waals surface area contributed by atoms with Gasteiger partial charge in [-0.25, -0.2) is 4.79 Å². The second-order valence-corrected chi connectivity index (χ2v) is 6.29. The number of nitrogens with zero attached hydrogens (tertiary/aromatic N) is 2. The lowest BCUT2D eigenvalue weighted by Crippen LogP contribution is -2.48. The highest BCUT2D eigenvalue weighted by atomic mass is 16.5. The van der Waals surface area contributed by atoms with Crippen molar-refractivity contribution in [2.45, 2.75) is 52.0 Å². The van der Waals surface area contributed by atoms with Gasteiger partial charge in [-0.2, -0.15) is 0 Å². The fraction of sp³-hybridized carbons (Fsp3) is 0.706. The lowest BCUT2D eigenvalue weighted by Gasteiger charge is -2.31. The molecule has 1 atom stereocenters. The molecule has 3 amide bonds. The Hall–Kier alpha value is -2.05. The molecule has 0 radical (unpaired) electrons. The molecule has 1 saturated heterocycles. The Morgan fingerprint density at radius 2 is 2.17 bits per heavy atom. The second-order valence-electron chi connectivity index (χ2n) is 6.29. The molecule has 0 aromatic carbocycles. The van der Waals surface area contributed by atoms with E-state index in [1.54, 1.807) is 11.9 Å². The molecule has 1 aliphatic heterocycles. The molecule has 7 heteroatoms. The number of piperidine rings is 1. The lowest BCUT2D eigenvalue weighted by molar-refractivity contribution is -0.125. The Bertz CT molecular complexity index is 554. The quantitative estimate of drug-likeness (QED) is 0.834. The molecule has 24 heavy (non-hydrogen) atoms. The number of likely N-dealkylation sites (tertiary alicyclic amines) is 1. The summed E-state index contributed by atoms with van der Waals surface area (Å²) in [6.45, 7) is 5.70. The standard InChI is InChI=1S/C17H28N4O3/c1-4-12(5-2)15-9-14(24-20-15)10-19-17(23)21-8-6-7-13(11-21)16(22)18-3/h9,12-13H,4-8,10-11H2,1-3H3,(H,18,22)(H,19,23)/t13-/m1/s1. The first-order valence-corrected chi connectivity index (χ1v) is 8.78. The number of hydrogen-bond donors (Lipinski definition) is 2. The second kappa shape index (κ2) is 8.70. The molecule has 2 rings (SSSR count). The minimum absolute atomic E-state index is 0.00227. The van der Waals surface area contributed by atoms with E-state index in [9.17, 15) is 9.59 Å². The molecule has 7 nitrogen and oxygen atoms in total. The van der Waals surface area contributed by atoms with E-state index < -0.39 is 0 Å². The molecule has 0 aliphatic carbocycles. The van der Waals surface area contributed by atoms with Crippen molar-refractivity contribution in [2.75, 3.05) is 20.1 Å². The van der Waals surface area contributed by atoms with Crippen LogP contribution in [0.5, 0.6) is 0 Å². The highest BCUT2D eigenvalue weighted by molar-refractivity contribution is 5.80. The fourth-order valence-electron chi connectivity index (χ4n) is 3.17. The first-order chi connectivity index (χ1) is 11.6. The Morgan fingerprint density at radius 1 is 1.42 bits per heavy atom. The van der Waals surface area contributed by atoms with Gasteiger partial charge in [0.25, 0.3) is 0 Å². The van der Waals surface area contributed by atoms with Crippen LogP contribution in [0.25, 0.3) is 0 Å². The van der Waals surface area contributed by atoms with Crippen molar-refractivity contribution in [1.82, 2.24) is 20.7 Å². The largest absolute Gasteiger partial charge is 0.359 e. The van der Waals surface area contributed by atoms with Crippen molar-refractivity contribution >= 4 is 11.9 Å². The number of amides is 3. The van der Waals surface area contributed by atoms with E-state index >= 15 is 0 Å². The molecular formula is C17H28N4O3. The van der Waals surface area contributed by atoms with Crippen LogP contribution < -0.4 is 10.6 Å². The third kappa shape index (κ3) is 4.49. The summed E-state index contributed by atoms with van der Waals surface area (Å²) in [7, 11) is 1.63. The van der Waals surface area contributed by atoms with Crippen LogP contribution in [0.1, 0.15) is 56.9 Å². The third-order valence-electron chi connectivity index (χ3n) is 4.72. The fourth-order valence-corrected chi connectivity index (χ4v) is 3.17. The van der Waals surface area contributed by atoms with Gasteiger partial charge in [0.15, 0.2) is 5.76 Å². The minimum Gasteiger partial charge on any atom is -0.359 e. The van der Waals surface area contributed by atoms with Crippen LogP contribution in [0, 0.1) is 5.92 Å². The summed E-state index contributed by atoms with van der Waals surface area (Å²) < 4.78 is 5.32. The van der Waals surface area contributed by atoms with E-state index in [-0.39, 0.29) is 17.9 Å². The Balaban J connectivity index is 1.85. The van der Waals surface area contributed by atoms with Crippen LogP contribution in [0.15, 0.2) is 10.6 Å². The molecule has 0 bridgehead atoms. The van der Waals surface area contributed by atoms with Crippen LogP contribution in [0.3, 0.4) is 0 Å². The van der Waals surface area contributed by atoms with E-state index in [2.05, 4.69) is 29.6 Å². The molecule has 0 spiro atoms. The maximum absolute atomic E-state index is 12.3. The van der Waals surface area contributed by atoms with Crippen LogP contribution >= 0.6 is 0 Å². The summed E-state index contributed by atoms with van der Waals surface area (Å²) in [5.41, 5.74) is 0.946. The van der Waals surface area contributed by atoms with E-state index in [4.69, 9.17) is 4.52 Å². The highest BCUT2D eigenvalue weighted by Gasteiger charge is 2.27. The average molecular weight is 336 g/mol.